The van der Waals surface area contributed by atoms with Crippen molar-refractivity contribution in [1.29, 1.82) is 0 Å². The van der Waals surface area contributed by atoms with E-state index in [1.165, 1.54) is 0 Å². The quantitative estimate of drug-likeness (QED) is 0.854. The smallest absolute Gasteiger partial charge is 0.203 e. The second-order valence-electron chi connectivity index (χ2n) is 4.12. The van der Waals surface area contributed by atoms with E-state index in [4.69, 9.17) is 19.9 Å². The Morgan fingerprint density at radius 1 is 1.10 bits per heavy atom. The number of hydrogen-bond acceptors (Lipinski definition) is 6. The zero-order chi connectivity index (χ0) is 15.2. The summed E-state index contributed by atoms with van der Waals surface area (Å²) in [5.74, 6) is 2.05. The van der Waals surface area contributed by atoms with Crippen molar-refractivity contribution in [2.75, 3.05) is 27.1 Å². The molecular weight excluding hydrogens is 270 g/mol. The molecule has 0 bridgehead atoms. The fraction of sp³-hybridized carbons (Fsp3) is 0.200. The second-order valence-corrected chi connectivity index (χ2v) is 4.12. The predicted octanol–water partition coefficient (Wildman–Crippen LogP) is 2.44. The third-order valence-electron chi connectivity index (χ3n) is 2.86. The van der Waals surface area contributed by atoms with E-state index in [9.17, 15) is 0 Å². The lowest BCUT2D eigenvalue weighted by Crippen LogP contribution is -1.96. The molecule has 0 unspecified atom stereocenters. The highest BCUT2D eigenvalue weighted by Crippen LogP contribution is 2.37. The summed E-state index contributed by atoms with van der Waals surface area (Å²) < 4.78 is 15.9. The molecule has 0 saturated heterocycles. The molecule has 1 aromatic carbocycles. The van der Waals surface area contributed by atoms with Gasteiger partial charge in [0.1, 0.15) is 11.5 Å². The largest absolute Gasteiger partial charge is 0.493 e. The van der Waals surface area contributed by atoms with E-state index >= 15 is 0 Å². The minimum Gasteiger partial charge on any atom is -0.493 e. The average molecular weight is 287 g/mol. The van der Waals surface area contributed by atoms with Gasteiger partial charge in [-0.3, -0.25) is 4.99 Å². The first-order chi connectivity index (χ1) is 10.2. The molecule has 2 N–H and O–H groups in total. The van der Waals surface area contributed by atoms with E-state index in [2.05, 4.69) is 9.98 Å². The predicted molar refractivity (Wildman–Crippen MR) is 82.0 cm³/mol. The zero-order valence-electron chi connectivity index (χ0n) is 12.2. The van der Waals surface area contributed by atoms with E-state index in [1.807, 2.05) is 0 Å². The molecule has 0 atom stereocenters. The Labute approximate surface area is 123 Å². The normalized spacial score (nSPS) is 10.6. The maximum absolute atomic E-state index is 5.75. The molecule has 6 heteroatoms. The molecule has 0 aliphatic carbocycles. The molecule has 0 saturated carbocycles. The molecule has 6 nitrogen and oxygen atoms in total. The first kappa shape index (κ1) is 14.6. The number of benzene rings is 1. The van der Waals surface area contributed by atoms with E-state index in [0.717, 1.165) is 5.56 Å². The van der Waals surface area contributed by atoms with Gasteiger partial charge in [-0.05, 0) is 24.3 Å². The van der Waals surface area contributed by atoms with Gasteiger partial charge in [0.25, 0.3) is 0 Å². The van der Waals surface area contributed by atoms with Crippen LogP contribution in [0, 0.1) is 0 Å². The number of rotatable bonds is 5. The van der Waals surface area contributed by atoms with E-state index in [-0.39, 0.29) is 0 Å². The van der Waals surface area contributed by atoms with Crippen LogP contribution in [0.2, 0.25) is 0 Å². The summed E-state index contributed by atoms with van der Waals surface area (Å²) in [6, 6.07) is 7.17. The standard InChI is InChI=1S/C15H17N3O3/c1-19-12-7-10(8-13(20-2)14(12)21-3)9-18-11-5-4-6-17-15(11)16/h4-9H,1-3H3,(H2,16,17). The molecule has 0 fully saturated rings. The van der Waals surface area contributed by atoms with Crippen molar-refractivity contribution < 1.29 is 14.2 Å². The van der Waals surface area contributed by atoms with Crippen LogP contribution in [0.15, 0.2) is 35.5 Å². The number of aromatic nitrogens is 1. The van der Waals surface area contributed by atoms with Gasteiger partial charge in [0.05, 0.1) is 21.3 Å². The maximum atomic E-state index is 5.75. The van der Waals surface area contributed by atoms with Crippen LogP contribution in [0.25, 0.3) is 0 Å². The van der Waals surface area contributed by atoms with Gasteiger partial charge in [0.2, 0.25) is 5.75 Å². The third-order valence-corrected chi connectivity index (χ3v) is 2.86. The van der Waals surface area contributed by atoms with Gasteiger partial charge in [-0.1, -0.05) is 0 Å². The first-order valence-electron chi connectivity index (χ1n) is 6.24. The molecular formula is C15H17N3O3. The number of anilines is 1. The van der Waals surface area contributed by atoms with Gasteiger partial charge < -0.3 is 19.9 Å². The summed E-state index contributed by atoms with van der Waals surface area (Å²) >= 11 is 0. The highest BCUT2D eigenvalue weighted by Gasteiger charge is 2.12. The lowest BCUT2D eigenvalue weighted by atomic mass is 10.2. The Kier molecular flexibility index (Phi) is 4.61. The van der Waals surface area contributed by atoms with E-state index < -0.39 is 0 Å². The zero-order valence-corrected chi connectivity index (χ0v) is 12.2. The third kappa shape index (κ3) is 3.22. The van der Waals surface area contributed by atoms with E-state index in [1.54, 1.807) is 58.0 Å². The van der Waals surface area contributed by atoms with Crippen LogP contribution >= 0.6 is 0 Å². The number of pyridine rings is 1. The van der Waals surface area contributed by atoms with Crippen LogP contribution in [-0.2, 0) is 0 Å². The van der Waals surface area contributed by atoms with Gasteiger partial charge >= 0.3 is 0 Å². The number of hydrogen-bond donors (Lipinski definition) is 1. The van der Waals surface area contributed by atoms with Gasteiger partial charge in [0, 0.05) is 18.0 Å². The summed E-state index contributed by atoms with van der Waals surface area (Å²) in [4.78, 5) is 8.30. The number of methoxy groups -OCH3 is 3. The van der Waals surface area contributed by atoms with Crippen molar-refractivity contribution >= 4 is 17.7 Å². The molecule has 1 heterocycles. The monoisotopic (exact) mass is 287 g/mol. The lowest BCUT2D eigenvalue weighted by molar-refractivity contribution is 0.324. The summed E-state index contributed by atoms with van der Waals surface area (Å²) in [6.45, 7) is 0. The van der Waals surface area contributed by atoms with Crippen LogP contribution in [0.3, 0.4) is 0 Å². The molecule has 0 radical (unpaired) electrons. The Hall–Kier alpha value is -2.76. The maximum Gasteiger partial charge on any atom is 0.203 e. The first-order valence-corrected chi connectivity index (χ1v) is 6.24. The molecule has 2 rings (SSSR count). The van der Waals surface area contributed by atoms with Crippen molar-refractivity contribution in [3.05, 3.63) is 36.0 Å². The van der Waals surface area contributed by atoms with Gasteiger partial charge in [0.15, 0.2) is 11.5 Å². The summed E-state index contributed by atoms with van der Waals surface area (Å²) in [6.07, 6.45) is 3.28. The number of ether oxygens (including phenoxy) is 3. The van der Waals surface area contributed by atoms with Crippen molar-refractivity contribution in [3.63, 3.8) is 0 Å². The Bertz CT molecular complexity index is 631. The van der Waals surface area contributed by atoms with Gasteiger partial charge in [-0.15, -0.1) is 0 Å². The number of nitrogens with two attached hydrogens (primary N) is 1. The van der Waals surface area contributed by atoms with Gasteiger partial charge in [-0.25, -0.2) is 4.98 Å². The highest BCUT2D eigenvalue weighted by atomic mass is 16.5. The summed E-state index contributed by atoms with van der Waals surface area (Å²) in [5.41, 5.74) is 7.15. The minimum absolute atomic E-state index is 0.376. The average Bonchev–Trinajstić information content (AvgIpc) is 2.52. The molecule has 0 spiro atoms. The molecule has 0 aliphatic rings. The SMILES string of the molecule is COc1cc(C=Nc2cccnc2N)cc(OC)c1OC. The summed E-state index contributed by atoms with van der Waals surface area (Å²) in [7, 11) is 4.69. The number of nitrogens with zero attached hydrogens (tertiary/aromatic N) is 2. The molecule has 2 aromatic rings. The van der Waals surface area contributed by atoms with Gasteiger partial charge in [-0.2, -0.15) is 0 Å². The molecule has 21 heavy (non-hydrogen) atoms. The van der Waals surface area contributed by atoms with Crippen molar-refractivity contribution in [1.82, 2.24) is 4.98 Å². The van der Waals surface area contributed by atoms with Crippen LogP contribution in [-0.4, -0.2) is 32.5 Å². The fourth-order valence-electron chi connectivity index (χ4n) is 1.84. The van der Waals surface area contributed by atoms with Crippen LogP contribution in [0.1, 0.15) is 5.56 Å². The number of aliphatic imine (C=N–C) groups is 1. The Balaban J connectivity index is 2.39. The second kappa shape index (κ2) is 6.60. The van der Waals surface area contributed by atoms with E-state index in [0.29, 0.717) is 28.8 Å². The fourth-order valence-corrected chi connectivity index (χ4v) is 1.84. The van der Waals surface area contributed by atoms with Crippen LogP contribution < -0.4 is 19.9 Å². The Morgan fingerprint density at radius 2 is 1.76 bits per heavy atom. The number of nitrogen functional groups attached to an aromatic ring is 1. The molecule has 0 amide bonds. The molecule has 1 aromatic heterocycles. The van der Waals surface area contributed by atoms with Crippen molar-refractivity contribution in [2.24, 2.45) is 4.99 Å². The van der Waals surface area contributed by atoms with Crippen LogP contribution in [0.4, 0.5) is 11.5 Å². The molecule has 110 valence electrons. The highest BCUT2D eigenvalue weighted by molar-refractivity contribution is 5.85. The van der Waals surface area contributed by atoms with Crippen LogP contribution in [0.5, 0.6) is 17.2 Å². The van der Waals surface area contributed by atoms with Crippen molar-refractivity contribution in [2.45, 2.75) is 0 Å². The lowest BCUT2D eigenvalue weighted by Gasteiger charge is -2.12. The molecule has 0 aliphatic heterocycles. The topological polar surface area (TPSA) is 79.0 Å². The van der Waals surface area contributed by atoms with Crippen molar-refractivity contribution in [3.8, 4) is 17.2 Å². The Morgan fingerprint density at radius 3 is 2.29 bits per heavy atom. The summed E-state index contributed by atoms with van der Waals surface area (Å²) in [5, 5.41) is 0. The minimum atomic E-state index is 0.376.